The van der Waals surface area contributed by atoms with E-state index >= 15 is 0 Å². The van der Waals surface area contributed by atoms with Crippen LogP contribution in [0.2, 0.25) is 5.02 Å². The zero-order valence-electron chi connectivity index (χ0n) is 12.0. The highest BCUT2D eigenvalue weighted by atomic mass is 35.5. The summed E-state index contributed by atoms with van der Waals surface area (Å²) >= 11 is 7.92. The van der Waals surface area contributed by atoms with Crippen molar-refractivity contribution in [3.05, 3.63) is 50.4 Å². The molecule has 1 aromatic carbocycles. The number of benzene rings is 1. The van der Waals surface area contributed by atoms with Gasteiger partial charge >= 0.3 is 0 Å². The second-order valence-corrected chi connectivity index (χ2v) is 7.92. The van der Waals surface area contributed by atoms with E-state index in [2.05, 4.69) is 36.3 Å². The number of fused-ring (bicyclic) bond motifs is 1. The molecule has 1 heterocycles. The summed E-state index contributed by atoms with van der Waals surface area (Å²) < 4.78 is 0. The zero-order valence-corrected chi connectivity index (χ0v) is 13.6. The van der Waals surface area contributed by atoms with Crippen LogP contribution in [0.3, 0.4) is 0 Å². The Bertz CT molecular complexity index is 633. The minimum Gasteiger partial charge on any atom is -0.304 e. The van der Waals surface area contributed by atoms with Gasteiger partial charge in [0.05, 0.1) is 5.01 Å². The van der Waals surface area contributed by atoms with Gasteiger partial charge in [0.1, 0.15) is 0 Å². The van der Waals surface area contributed by atoms with Gasteiger partial charge in [0.25, 0.3) is 0 Å². The predicted octanol–water partition coefficient (Wildman–Crippen LogP) is 4.52. The molecule has 1 aromatic heterocycles. The Balaban J connectivity index is 1.83. The Morgan fingerprint density at radius 2 is 2.25 bits per heavy atom. The molecule has 0 spiro atoms. The van der Waals surface area contributed by atoms with E-state index in [0.717, 1.165) is 23.0 Å². The van der Waals surface area contributed by atoms with Crippen LogP contribution in [-0.4, -0.2) is 4.98 Å². The van der Waals surface area contributed by atoms with Crippen LogP contribution in [0.5, 0.6) is 0 Å². The van der Waals surface area contributed by atoms with Gasteiger partial charge in [0.15, 0.2) is 0 Å². The summed E-state index contributed by atoms with van der Waals surface area (Å²) in [5, 5.41) is 5.64. The van der Waals surface area contributed by atoms with Crippen molar-refractivity contribution >= 4 is 22.9 Å². The number of thiazole rings is 1. The minimum atomic E-state index is 0.215. The van der Waals surface area contributed by atoms with Crippen molar-refractivity contribution in [1.29, 1.82) is 0 Å². The lowest BCUT2D eigenvalue weighted by Crippen LogP contribution is -2.30. The minimum absolute atomic E-state index is 0.215. The van der Waals surface area contributed by atoms with E-state index in [1.54, 1.807) is 11.3 Å². The van der Waals surface area contributed by atoms with Crippen LogP contribution in [-0.2, 0) is 13.0 Å². The molecule has 0 saturated heterocycles. The third-order valence-electron chi connectivity index (χ3n) is 4.00. The second kappa shape index (κ2) is 5.14. The molecule has 0 radical (unpaired) electrons. The number of aromatic nitrogens is 1. The van der Waals surface area contributed by atoms with Gasteiger partial charge in [0, 0.05) is 28.7 Å². The first-order chi connectivity index (χ1) is 9.45. The Hall–Kier alpha value is -0.900. The lowest BCUT2D eigenvalue weighted by atomic mass is 9.85. The van der Waals surface area contributed by atoms with Gasteiger partial charge < -0.3 is 5.32 Å². The molecule has 0 aliphatic heterocycles. The molecule has 1 N–H and O–H groups in total. The smallest absolute Gasteiger partial charge is 0.0897 e. The Labute approximate surface area is 129 Å². The average molecular weight is 307 g/mol. The number of rotatable bonds is 3. The van der Waals surface area contributed by atoms with Gasteiger partial charge in [-0.1, -0.05) is 31.5 Å². The number of halogens is 1. The molecular formula is C16H19ClN2S. The third kappa shape index (κ3) is 2.62. The molecule has 106 valence electrons. The van der Waals surface area contributed by atoms with Gasteiger partial charge in [-0.25, -0.2) is 4.98 Å². The van der Waals surface area contributed by atoms with Gasteiger partial charge in [-0.15, -0.1) is 11.3 Å². The van der Waals surface area contributed by atoms with Crippen molar-refractivity contribution in [2.45, 2.75) is 39.8 Å². The summed E-state index contributed by atoms with van der Waals surface area (Å²) in [7, 11) is 0. The summed E-state index contributed by atoms with van der Waals surface area (Å²) in [6.07, 6.45) is 3.06. The Morgan fingerprint density at radius 3 is 2.95 bits per heavy atom. The normalized spacial score (nSPS) is 20.1. The van der Waals surface area contributed by atoms with Crippen molar-refractivity contribution in [2.24, 2.45) is 5.41 Å². The van der Waals surface area contributed by atoms with Crippen LogP contribution in [0.15, 0.2) is 24.4 Å². The molecule has 1 aliphatic rings. The Morgan fingerprint density at radius 1 is 1.45 bits per heavy atom. The summed E-state index contributed by atoms with van der Waals surface area (Å²) in [6, 6.07) is 6.61. The molecule has 1 unspecified atom stereocenters. The standard InChI is InChI=1S/C16H19ClN2S/c1-10-18-8-13(20-10)9-19-15-14-6-12(17)5-4-11(14)7-16(15,2)3/h4-6,8,15,19H,7,9H2,1-3H3. The fourth-order valence-corrected chi connectivity index (χ4v) is 4.01. The van der Waals surface area contributed by atoms with E-state index in [0.29, 0.717) is 6.04 Å². The average Bonchev–Trinajstić information content (AvgIpc) is 2.87. The van der Waals surface area contributed by atoms with Crippen molar-refractivity contribution in [3.63, 3.8) is 0 Å². The quantitative estimate of drug-likeness (QED) is 0.902. The summed E-state index contributed by atoms with van der Waals surface area (Å²) in [5.74, 6) is 0. The fourth-order valence-electron chi connectivity index (χ4n) is 3.09. The lowest BCUT2D eigenvalue weighted by Gasteiger charge is -2.28. The first-order valence-electron chi connectivity index (χ1n) is 6.89. The molecule has 20 heavy (non-hydrogen) atoms. The fraction of sp³-hybridized carbons (Fsp3) is 0.438. The number of nitrogens with one attached hydrogen (secondary N) is 1. The van der Waals surface area contributed by atoms with E-state index in [1.807, 2.05) is 19.2 Å². The summed E-state index contributed by atoms with van der Waals surface area (Å²) in [5.41, 5.74) is 2.98. The van der Waals surface area contributed by atoms with Crippen molar-refractivity contribution in [1.82, 2.24) is 10.3 Å². The maximum Gasteiger partial charge on any atom is 0.0897 e. The number of aryl methyl sites for hydroxylation is 1. The van der Waals surface area contributed by atoms with Crippen molar-refractivity contribution < 1.29 is 0 Å². The van der Waals surface area contributed by atoms with E-state index in [1.165, 1.54) is 16.0 Å². The molecule has 2 nitrogen and oxygen atoms in total. The van der Waals surface area contributed by atoms with Crippen LogP contribution in [0.25, 0.3) is 0 Å². The maximum absolute atomic E-state index is 6.17. The van der Waals surface area contributed by atoms with E-state index in [4.69, 9.17) is 11.6 Å². The Kier molecular flexibility index (Phi) is 3.61. The van der Waals surface area contributed by atoms with Crippen LogP contribution >= 0.6 is 22.9 Å². The highest BCUT2D eigenvalue weighted by molar-refractivity contribution is 7.11. The first-order valence-corrected chi connectivity index (χ1v) is 8.08. The monoisotopic (exact) mass is 306 g/mol. The van der Waals surface area contributed by atoms with Gasteiger partial charge in [-0.3, -0.25) is 0 Å². The molecule has 1 aliphatic carbocycles. The highest BCUT2D eigenvalue weighted by Crippen LogP contribution is 2.46. The van der Waals surface area contributed by atoms with Gasteiger partial charge in [0.2, 0.25) is 0 Å². The molecule has 2 aromatic rings. The van der Waals surface area contributed by atoms with Crippen LogP contribution in [0, 0.1) is 12.3 Å². The maximum atomic E-state index is 6.17. The van der Waals surface area contributed by atoms with Crippen molar-refractivity contribution in [2.75, 3.05) is 0 Å². The summed E-state index contributed by atoms with van der Waals surface area (Å²) in [6.45, 7) is 7.54. The van der Waals surface area contributed by atoms with E-state index in [9.17, 15) is 0 Å². The topological polar surface area (TPSA) is 24.9 Å². The zero-order chi connectivity index (χ0) is 14.3. The van der Waals surface area contributed by atoms with Gasteiger partial charge in [-0.05, 0) is 42.0 Å². The second-order valence-electron chi connectivity index (χ2n) is 6.17. The molecule has 4 heteroatoms. The van der Waals surface area contributed by atoms with E-state index < -0.39 is 0 Å². The third-order valence-corrected chi connectivity index (χ3v) is 5.14. The van der Waals surface area contributed by atoms with Crippen LogP contribution < -0.4 is 5.32 Å². The number of hydrogen-bond acceptors (Lipinski definition) is 3. The largest absolute Gasteiger partial charge is 0.304 e. The molecule has 0 saturated carbocycles. The SMILES string of the molecule is Cc1ncc(CNC2c3cc(Cl)ccc3CC2(C)C)s1. The molecular weight excluding hydrogens is 288 g/mol. The molecule has 3 rings (SSSR count). The molecule has 0 fully saturated rings. The predicted molar refractivity (Wildman–Crippen MR) is 85.4 cm³/mol. The van der Waals surface area contributed by atoms with Crippen molar-refractivity contribution in [3.8, 4) is 0 Å². The van der Waals surface area contributed by atoms with E-state index in [-0.39, 0.29) is 5.41 Å². The molecule has 0 amide bonds. The summed E-state index contributed by atoms with van der Waals surface area (Å²) in [4.78, 5) is 5.60. The van der Waals surface area contributed by atoms with Gasteiger partial charge in [-0.2, -0.15) is 0 Å². The molecule has 0 bridgehead atoms. The number of nitrogens with zero attached hydrogens (tertiary/aromatic N) is 1. The van der Waals surface area contributed by atoms with Crippen LogP contribution in [0.1, 0.15) is 40.9 Å². The number of hydrogen-bond donors (Lipinski definition) is 1. The first kappa shape index (κ1) is 14.1. The lowest BCUT2D eigenvalue weighted by molar-refractivity contribution is 0.268. The van der Waals surface area contributed by atoms with Crippen LogP contribution in [0.4, 0.5) is 0 Å². The molecule has 1 atom stereocenters. The highest BCUT2D eigenvalue weighted by Gasteiger charge is 2.38.